The molecule has 0 aliphatic carbocycles. The second kappa shape index (κ2) is 7.12. The van der Waals surface area contributed by atoms with Crippen LogP contribution in [0.2, 0.25) is 0 Å². The molecule has 2 aromatic rings. The molecular weight excluding hydrogens is 350 g/mol. The van der Waals surface area contributed by atoms with Crippen molar-refractivity contribution in [1.29, 1.82) is 0 Å². The molecule has 0 N–H and O–H groups in total. The van der Waals surface area contributed by atoms with Gasteiger partial charge in [-0.1, -0.05) is 11.3 Å². The van der Waals surface area contributed by atoms with Gasteiger partial charge < -0.3 is 4.90 Å². The van der Waals surface area contributed by atoms with Gasteiger partial charge in [-0.05, 0) is 38.1 Å². The molecule has 24 heavy (non-hydrogen) atoms. The Morgan fingerprint density at radius 3 is 2.33 bits per heavy atom. The maximum Gasteiger partial charge on any atom is 0.445 e. The number of hydrogen-bond acceptors (Lipinski definition) is 5. The van der Waals surface area contributed by atoms with Crippen molar-refractivity contribution in [2.75, 3.05) is 4.90 Å². The zero-order valence-corrected chi connectivity index (χ0v) is 13.5. The van der Waals surface area contributed by atoms with Gasteiger partial charge in [-0.15, -0.1) is 10.2 Å². The Morgan fingerprint density at radius 1 is 1.25 bits per heavy atom. The molecule has 0 aliphatic heterocycles. The van der Waals surface area contributed by atoms with Crippen molar-refractivity contribution in [3.05, 3.63) is 34.3 Å². The topological polar surface area (TPSA) is 55.3 Å². The lowest BCUT2D eigenvalue weighted by molar-refractivity contribution is -0.138. The monoisotopic (exact) mass is 363 g/mol. The van der Waals surface area contributed by atoms with Gasteiger partial charge in [-0.2, -0.15) is 13.2 Å². The first-order valence-corrected chi connectivity index (χ1v) is 7.64. The first-order valence-electron chi connectivity index (χ1n) is 6.82. The molecule has 0 saturated carbocycles. The zero-order chi connectivity index (χ0) is 17.9. The first-order chi connectivity index (χ1) is 11.2. The molecule has 1 amide bonds. The summed E-state index contributed by atoms with van der Waals surface area (Å²) in [6.07, 6.45) is -4.90. The molecule has 0 spiro atoms. The van der Waals surface area contributed by atoms with Crippen LogP contribution in [0.15, 0.2) is 24.3 Å². The summed E-state index contributed by atoms with van der Waals surface area (Å²) in [5, 5.41) is 5.35. The van der Waals surface area contributed by atoms with Crippen LogP contribution in [0.3, 0.4) is 0 Å². The third-order valence-electron chi connectivity index (χ3n) is 3.00. The molecule has 1 heterocycles. The van der Waals surface area contributed by atoms with E-state index in [-0.39, 0.29) is 23.2 Å². The number of carbonyl (C=O) groups excluding carboxylic acids is 1. The summed E-state index contributed by atoms with van der Waals surface area (Å²) in [5.74, 6) is -0.461. The molecule has 0 bridgehead atoms. The molecule has 0 radical (unpaired) electrons. The number of benzene rings is 1. The van der Waals surface area contributed by atoms with Crippen molar-refractivity contribution >= 4 is 22.9 Å². The summed E-state index contributed by atoms with van der Waals surface area (Å²) >= 11 is 0.334. The zero-order valence-electron chi connectivity index (χ0n) is 12.7. The molecule has 0 aliphatic rings. The predicted molar refractivity (Wildman–Crippen MR) is 79.4 cm³/mol. The van der Waals surface area contributed by atoms with Crippen molar-refractivity contribution in [2.24, 2.45) is 0 Å². The Balaban J connectivity index is 2.18. The van der Waals surface area contributed by atoms with Gasteiger partial charge in [0.05, 0.1) is 6.42 Å². The Bertz CT molecular complexity index is 701. The van der Waals surface area contributed by atoms with Crippen LogP contribution in [0.1, 0.15) is 23.9 Å². The fourth-order valence-electron chi connectivity index (χ4n) is 2.04. The van der Waals surface area contributed by atoms with E-state index in [1.165, 1.54) is 29.2 Å². The number of halogens is 4. The number of alkyl halides is 3. The van der Waals surface area contributed by atoms with E-state index in [0.717, 1.165) is 0 Å². The minimum absolute atomic E-state index is 0.0196. The number of carbonyl (C=O) groups is 1. The summed E-state index contributed by atoms with van der Waals surface area (Å²) in [5.41, 5.74) is 0.469. The highest BCUT2D eigenvalue weighted by Crippen LogP contribution is 2.32. The highest BCUT2D eigenvalue weighted by atomic mass is 32.1. The smallest absolute Gasteiger partial charge is 0.310 e. The maximum atomic E-state index is 12.5. The van der Waals surface area contributed by atoms with Crippen molar-refractivity contribution < 1.29 is 27.4 Å². The third kappa shape index (κ3) is 4.19. The highest BCUT2D eigenvalue weighted by Gasteiger charge is 2.36. The normalized spacial score (nSPS) is 11.6. The molecule has 0 atom stereocenters. The van der Waals surface area contributed by atoms with E-state index < -0.39 is 17.1 Å². The lowest BCUT2D eigenvalue weighted by Gasteiger charge is -2.26. The van der Waals surface area contributed by atoms with E-state index in [9.17, 15) is 22.5 Å². The van der Waals surface area contributed by atoms with Crippen molar-refractivity contribution in [3.8, 4) is 5.75 Å². The SMILES string of the molecule is CC(C)N(C(=O)Cc1nnc(C(F)(F)F)s1)c1ccc(OF)cc1. The highest BCUT2D eigenvalue weighted by molar-refractivity contribution is 7.11. The van der Waals surface area contributed by atoms with Gasteiger partial charge in [0, 0.05) is 16.3 Å². The van der Waals surface area contributed by atoms with Gasteiger partial charge in [0.25, 0.3) is 0 Å². The molecule has 1 aromatic heterocycles. The minimum atomic E-state index is -4.58. The molecule has 2 rings (SSSR count). The fourth-order valence-corrected chi connectivity index (χ4v) is 2.74. The summed E-state index contributed by atoms with van der Waals surface area (Å²) in [6, 6.07) is 5.38. The summed E-state index contributed by atoms with van der Waals surface area (Å²) < 4.78 is 49.7. The fraction of sp³-hybridized carbons (Fsp3) is 0.357. The molecule has 5 nitrogen and oxygen atoms in total. The number of amides is 1. The number of anilines is 1. The van der Waals surface area contributed by atoms with E-state index in [1.807, 2.05) is 0 Å². The van der Waals surface area contributed by atoms with Crippen molar-refractivity contribution in [1.82, 2.24) is 10.2 Å². The van der Waals surface area contributed by atoms with E-state index in [2.05, 4.69) is 15.1 Å². The van der Waals surface area contributed by atoms with Crippen LogP contribution in [0.4, 0.5) is 23.4 Å². The lowest BCUT2D eigenvalue weighted by Crippen LogP contribution is -2.38. The molecule has 1 aromatic carbocycles. The molecule has 0 unspecified atom stereocenters. The average molecular weight is 363 g/mol. The van der Waals surface area contributed by atoms with Crippen LogP contribution in [0, 0.1) is 0 Å². The molecule has 130 valence electrons. The Hall–Kier alpha value is -2.23. The predicted octanol–water partition coefficient (Wildman–Crippen LogP) is 3.80. The van der Waals surface area contributed by atoms with Crippen LogP contribution < -0.4 is 9.84 Å². The lowest BCUT2D eigenvalue weighted by atomic mass is 10.2. The molecule has 0 saturated heterocycles. The van der Waals surface area contributed by atoms with Crippen molar-refractivity contribution in [2.45, 2.75) is 32.5 Å². The van der Waals surface area contributed by atoms with Crippen LogP contribution in [-0.4, -0.2) is 22.1 Å². The van der Waals surface area contributed by atoms with Gasteiger partial charge in [-0.3, -0.25) is 9.74 Å². The Kier molecular flexibility index (Phi) is 5.37. The van der Waals surface area contributed by atoms with Gasteiger partial charge in [0.1, 0.15) is 5.01 Å². The molecule has 0 fully saturated rings. The number of aromatic nitrogens is 2. The number of nitrogens with zero attached hydrogens (tertiary/aromatic N) is 3. The average Bonchev–Trinajstić information content (AvgIpc) is 2.96. The summed E-state index contributed by atoms with van der Waals surface area (Å²) in [7, 11) is 0. The van der Waals surface area contributed by atoms with Gasteiger partial charge >= 0.3 is 6.18 Å². The number of hydrogen-bond donors (Lipinski definition) is 0. The van der Waals surface area contributed by atoms with Crippen molar-refractivity contribution in [3.63, 3.8) is 0 Å². The van der Waals surface area contributed by atoms with E-state index in [0.29, 0.717) is 17.0 Å². The summed E-state index contributed by atoms with van der Waals surface area (Å²) in [4.78, 5) is 17.4. The Morgan fingerprint density at radius 2 is 1.88 bits per heavy atom. The first kappa shape index (κ1) is 18.1. The second-order valence-corrected chi connectivity index (χ2v) is 6.17. The quantitative estimate of drug-likeness (QED) is 0.758. The van der Waals surface area contributed by atoms with Crippen LogP contribution in [-0.2, 0) is 17.4 Å². The molecule has 10 heteroatoms. The second-order valence-electron chi connectivity index (χ2n) is 5.10. The standard InChI is InChI=1S/C14H13F4N3O2S/c1-8(2)21(9-3-5-10(23-18)6-4-9)12(22)7-11-19-20-13(24-11)14(15,16)17/h3-6,8H,7H2,1-2H3. The maximum absolute atomic E-state index is 12.5. The van der Waals surface area contributed by atoms with E-state index >= 15 is 0 Å². The number of rotatable bonds is 5. The van der Waals surface area contributed by atoms with Gasteiger partial charge in [0.15, 0.2) is 5.75 Å². The van der Waals surface area contributed by atoms with Gasteiger partial charge in [-0.25, -0.2) is 0 Å². The van der Waals surface area contributed by atoms with Gasteiger partial charge in [0.2, 0.25) is 10.9 Å². The Labute approximate surface area is 138 Å². The molecular formula is C14H13F4N3O2S. The largest absolute Gasteiger partial charge is 0.445 e. The summed E-state index contributed by atoms with van der Waals surface area (Å²) in [6.45, 7) is 3.50. The van der Waals surface area contributed by atoms with Crippen LogP contribution in [0.5, 0.6) is 5.75 Å². The van der Waals surface area contributed by atoms with Crippen LogP contribution in [0.25, 0.3) is 0 Å². The van der Waals surface area contributed by atoms with E-state index in [1.54, 1.807) is 13.8 Å². The van der Waals surface area contributed by atoms with E-state index in [4.69, 9.17) is 0 Å². The van der Waals surface area contributed by atoms with Crippen LogP contribution >= 0.6 is 11.3 Å². The minimum Gasteiger partial charge on any atom is -0.310 e. The third-order valence-corrected chi connectivity index (χ3v) is 3.97.